The lowest BCUT2D eigenvalue weighted by Gasteiger charge is -2.13. The highest BCUT2D eigenvalue weighted by molar-refractivity contribution is 5.70. The topological polar surface area (TPSA) is 50.4 Å². The van der Waals surface area contributed by atoms with Gasteiger partial charge in [0.05, 0.1) is 6.54 Å². The summed E-state index contributed by atoms with van der Waals surface area (Å²) in [5, 5.41) is 5.71. The van der Waals surface area contributed by atoms with Crippen LogP contribution in [0.3, 0.4) is 0 Å². The van der Waals surface area contributed by atoms with Gasteiger partial charge in [-0.25, -0.2) is 4.79 Å². The first-order valence-corrected chi connectivity index (χ1v) is 5.94. The predicted octanol–water partition coefficient (Wildman–Crippen LogP) is 2.25. The van der Waals surface area contributed by atoms with Crippen LogP contribution in [0.2, 0.25) is 0 Å². The molecule has 102 valence electrons. The lowest BCUT2D eigenvalue weighted by Crippen LogP contribution is -2.22. The SMILES string of the molecule is C.C#CCN[C@@H]1CCc2ccc(OC(=O)NC)cc21. The van der Waals surface area contributed by atoms with Gasteiger partial charge in [0.15, 0.2) is 0 Å². The van der Waals surface area contributed by atoms with Crippen LogP contribution in [0.25, 0.3) is 0 Å². The van der Waals surface area contributed by atoms with Gasteiger partial charge in [-0.15, -0.1) is 6.42 Å². The molecule has 2 N–H and O–H groups in total. The molecule has 0 saturated carbocycles. The highest BCUT2D eigenvalue weighted by Crippen LogP contribution is 2.33. The van der Waals surface area contributed by atoms with Crippen molar-refractivity contribution >= 4 is 6.09 Å². The molecule has 19 heavy (non-hydrogen) atoms. The van der Waals surface area contributed by atoms with E-state index in [1.807, 2.05) is 18.2 Å². The Morgan fingerprint density at radius 2 is 2.37 bits per heavy atom. The van der Waals surface area contributed by atoms with Crippen LogP contribution < -0.4 is 15.4 Å². The van der Waals surface area contributed by atoms with Crippen LogP contribution in [0.15, 0.2) is 18.2 Å². The third-order valence-corrected chi connectivity index (χ3v) is 3.06. The third kappa shape index (κ3) is 3.49. The Kier molecular flexibility index (Phi) is 5.40. The quantitative estimate of drug-likeness (QED) is 0.820. The number of ether oxygens (including phenoxy) is 1. The number of hydrogen-bond acceptors (Lipinski definition) is 3. The van der Waals surface area contributed by atoms with Gasteiger partial charge in [0, 0.05) is 13.1 Å². The third-order valence-electron chi connectivity index (χ3n) is 3.06. The number of carbonyl (C=O) groups is 1. The van der Waals surface area contributed by atoms with Crippen molar-refractivity contribution < 1.29 is 9.53 Å². The molecule has 1 amide bonds. The highest BCUT2D eigenvalue weighted by atomic mass is 16.5. The van der Waals surface area contributed by atoms with Gasteiger partial charge in [-0.2, -0.15) is 0 Å². The maximum atomic E-state index is 11.2. The van der Waals surface area contributed by atoms with E-state index in [9.17, 15) is 4.79 Å². The zero-order valence-corrected chi connectivity index (χ0v) is 10.3. The molecule has 0 heterocycles. The Bertz CT molecular complexity index is 491. The van der Waals surface area contributed by atoms with E-state index in [1.54, 1.807) is 0 Å². The summed E-state index contributed by atoms with van der Waals surface area (Å²) in [4.78, 5) is 11.2. The van der Waals surface area contributed by atoms with Crippen LogP contribution in [0, 0.1) is 12.3 Å². The Hall–Kier alpha value is -1.99. The molecular weight excluding hydrogens is 240 g/mol. The van der Waals surface area contributed by atoms with Crippen molar-refractivity contribution in [2.75, 3.05) is 13.6 Å². The fourth-order valence-corrected chi connectivity index (χ4v) is 2.20. The number of fused-ring (bicyclic) bond motifs is 1. The molecular formula is C15H20N2O2. The van der Waals surface area contributed by atoms with E-state index < -0.39 is 6.09 Å². The fourth-order valence-electron chi connectivity index (χ4n) is 2.20. The molecule has 4 heteroatoms. The summed E-state index contributed by atoms with van der Waals surface area (Å²) in [6, 6.07) is 5.98. The minimum Gasteiger partial charge on any atom is -0.410 e. The number of terminal acetylenes is 1. The highest BCUT2D eigenvalue weighted by Gasteiger charge is 2.22. The fraction of sp³-hybridized carbons (Fsp3) is 0.400. The average molecular weight is 260 g/mol. The van der Waals surface area contributed by atoms with Crippen LogP contribution in [-0.2, 0) is 6.42 Å². The first-order valence-electron chi connectivity index (χ1n) is 5.94. The van der Waals surface area contributed by atoms with Crippen molar-refractivity contribution in [3.63, 3.8) is 0 Å². The summed E-state index contributed by atoms with van der Waals surface area (Å²) >= 11 is 0. The van der Waals surface area contributed by atoms with Crippen LogP contribution in [0.1, 0.15) is 31.0 Å². The number of nitrogens with one attached hydrogen (secondary N) is 2. The number of carbonyl (C=O) groups excluding carboxylic acids is 1. The number of benzene rings is 1. The molecule has 0 aromatic heterocycles. The second-order valence-electron chi connectivity index (χ2n) is 4.18. The number of hydrogen-bond donors (Lipinski definition) is 2. The van der Waals surface area contributed by atoms with Crippen LogP contribution >= 0.6 is 0 Å². The monoisotopic (exact) mass is 260 g/mol. The van der Waals surface area contributed by atoms with Crippen LogP contribution in [0.5, 0.6) is 5.75 Å². The van der Waals surface area contributed by atoms with Gasteiger partial charge in [-0.3, -0.25) is 5.32 Å². The Morgan fingerprint density at radius 3 is 3.05 bits per heavy atom. The standard InChI is InChI=1S/C14H16N2O2.CH4/c1-3-8-16-13-7-5-10-4-6-11(9-12(10)13)18-14(17)15-2;/h1,4,6,9,13,16H,5,7-8H2,2H3,(H,15,17);1H4/t13-;/m1./s1. The average Bonchev–Trinajstić information content (AvgIpc) is 2.78. The predicted molar refractivity (Wildman–Crippen MR) is 76.2 cm³/mol. The molecule has 0 saturated heterocycles. The molecule has 0 unspecified atom stereocenters. The molecule has 0 fully saturated rings. The van der Waals surface area contributed by atoms with Gasteiger partial charge in [-0.1, -0.05) is 19.4 Å². The molecule has 0 spiro atoms. The summed E-state index contributed by atoms with van der Waals surface area (Å²) in [5.74, 6) is 3.13. The van der Waals surface area contributed by atoms with Gasteiger partial charge in [-0.05, 0) is 36.1 Å². The van der Waals surface area contributed by atoms with E-state index in [0.717, 1.165) is 12.8 Å². The van der Waals surface area contributed by atoms with Crippen LogP contribution in [0.4, 0.5) is 4.79 Å². The second-order valence-corrected chi connectivity index (χ2v) is 4.18. The van der Waals surface area contributed by atoms with E-state index in [4.69, 9.17) is 11.2 Å². The maximum Gasteiger partial charge on any atom is 0.412 e. The number of rotatable bonds is 3. The van der Waals surface area contributed by atoms with Gasteiger partial charge in [0.1, 0.15) is 5.75 Å². The minimum absolute atomic E-state index is 0. The number of aryl methyl sites for hydroxylation is 1. The second kappa shape index (κ2) is 6.81. The lowest BCUT2D eigenvalue weighted by molar-refractivity contribution is 0.203. The van der Waals surface area contributed by atoms with Crippen molar-refractivity contribution in [2.24, 2.45) is 0 Å². The molecule has 4 nitrogen and oxygen atoms in total. The van der Waals surface area contributed by atoms with E-state index in [0.29, 0.717) is 12.3 Å². The van der Waals surface area contributed by atoms with Gasteiger partial charge in [0.2, 0.25) is 0 Å². The Balaban J connectivity index is 0.00000180. The van der Waals surface area contributed by atoms with Gasteiger partial charge < -0.3 is 10.1 Å². The molecule has 1 aromatic carbocycles. The molecule has 2 rings (SSSR count). The molecule has 0 bridgehead atoms. The van der Waals surface area contributed by atoms with E-state index in [-0.39, 0.29) is 13.5 Å². The summed E-state index contributed by atoms with van der Waals surface area (Å²) in [5.41, 5.74) is 2.46. The van der Waals surface area contributed by atoms with Crippen molar-refractivity contribution in [1.82, 2.24) is 10.6 Å². The molecule has 0 aliphatic heterocycles. The van der Waals surface area contributed by atoms with Gasteiger partial charge in [0.25, 0.3) is 0 Å². The van der Waals surface area contributed by atoms with Crippen molar-refractivity contribution in [1.29, 1.82) is 0 Å². The summed E-state index contributed by atoms with van der Waals surface area (Å²) < 4.78 is 5.12. The lowest BCUT2D eigenvalue weighted by atomic mass is 10.1. The summed E-state index contributed by atoms with van der Waals surface area (Å²) in [6.45, 7) is 0.546. The molecule has 1 aliphatic rings. The molecule has 0 radical (unpaired) electrons. The van der Waals surface area contributed by atoms with E-state index >= 15 is 0 Å². The van der Waals surface area contributed by atoms with Gasteiger partial charge >= 0.3 is 6.09 Å². The largest absolute Gasteiger partial charge is 0.412 e. The smallest absolute Gasteiger partial charge is 0.410 e. The molecule has 1 atom stereocenters. The molecule has 1 aromatic rings. The normalized spacial score (nSPS) is 15.9. The first kappa shape index (κ1) is 15.1. The van der Waals surface area contributed by atoms with E-state index in [1.165, 1.54) is 18.2 Å². The van der Waals surface area contributed by atoms with Crippen molar-refractivity contribution in [3.05, 3.63) is 29.3 Å². The molecule has 1 aliphatic carbocycles. The minimum atomic E-state index is -0.457. The zero-order valence-electron chi connectivity index (χ0n) is 10.3. The first-order chi connectivity index (χ1) is 8.74. The van der Waals surface area contributed by atoms with E-state index in [2.05, 4.69) is 16.6 Å². The number of amides is 1. The Labute approximate surface area is 114 Å². The summed E-state index contributed by atoms with van der Waals surface area (Å²) in [7, 11) is 1.53. The van der Waals surface area contributed by atoms with Crippen molar-refractivity contribution in [3.8, 4) is 18.1 Å². The Morgan fingerprint density at radius 1 is 1.58 bits per heavy atom. The maximum absolute atomic E-state index is 11.2. The summed E-state index contributed by atoms with van der Waals surface area (Å²) in [6.07, 6.45) is 6.85. The van der Waals surface area contributed by atoms with Crippen LogP contribution in [-0.4, -0.2) is 19.7 Å². The zero-order chi connectivity index (χ0) is 13.0. The van der Waals surface area contributed by atoms with Crippen molar-refractivity contribution in [2.45, 2.75) is 26.3 Å².